The Bertz CT molecular complexity index is 396. The molecule has 0 aliphatic heterocycles. The van der Waals surface area contributed by atoms with Crippen molar-refractivity contribution >= 4 is 5.69 Å². The number of nitrogens with zero attached hydrogens (tertiary/aromatic N) is 1. The Kier molecular flexibility index (Phi) is 2.32. The maximum absolute atomic E-state index is 11.0. The van der Waals surface area contributed by atoms with Crippen LogP contribution >= 0.6 is 0 Å². The van der Waals surface area contributed by atoms with Crippen LogP contribution in [0.2, 0.25) is 0 Å². The molecule has 0 amide bonds. The van der Waals surface area contributed by atoms with Gasteiger partial charge in [-0.25, -0.2) is 0 Å². The number of hydrogen-bond acceptors (Lipinski definition) is 4. The molecule has 0 atom stereocenters. The lowest BCUT2D eigenvalue weighted by Gasteiger charge is -2.02. The van der Waals surface area contributed by atoms with Crippen LogP contribution in [-0.2, 0) is 0 Å². The normalized spacial score (nSPS) is 9.69. The van der Waals surface area contributed by atoms with Crippen LogP contribution in [0.25, 0.3) is 0 Å². The van der Waals surface area contributed by atoms with E-state index in [1.165, 1.54) is 14.0 Å². The highest BCUT2D eigenvalue weighted by Gasteiger charge is 2.18. The summed E-state index contributed by atoms with van der Waals surface area (Å²) >= 11 is 0. The fourth-order valence-corrected chi connectivity index (χ4v) is 0.996. The number of aromatic amines is 1. The largest absolute Gasteiger partial charge is 0.490 e. The summed E-state index contributed by atoms with van der Waals surface area (Å²) in [4.78, 5) is 23.1. The number of ether oxygens (including phenoxy) is 1. The highest BCUT2D eigenvalue weighted by atomic mass is 16.6. The van der Waals surface area contributed by atoms with Crippen molar-refractivity contribution in [3.63, 3.8) is 0 Å². The summed E-state index contributed by atoms with van der Waals surface area (Å²) in [5, 5.41) is 10.4. The van der Waals surface area contributed by atoms with E-state index in [2.05, 4.69) is 4.98 Å². The van der Waals surface area contributed by atoms with Gasteiger partial charge in [0.05, 0.1) is 23.8 Å². The summed E-state index contributed by atoms with van der Waals surface area (Å²) in [7, 11) is 1.29. The standard InChI is InChI=1S/C7H8N2O4/c1-4-6(13-2)5(9(11)12)3-8-7(4)10/h3H,1-2H3,(H,8,10). The summed E-state index contributed by atoms with van der Waals surface area (Å²) in [6.45, 7) is 1.46. The summed E-state index contributed by atoms with van der Waals surface area (Å²) in [5.41, 5.74) is -0.418. The monoisotopic (exact) mass is 184 g/mol. The molecule has 0 saturated heterocycles. The van der Waals surface area contributed by atoms with Gasteiger partial charge < -0.3 is 9.72 Å². The minimum absolute atomic E-state index is 0.00810. The summed E-state index contributed by atoms with van der Waals surface area (Å²) in [6, 6.07) is 0. The van der Waals surface area contributed by atoms with Crippen LogP contribution < -0.4 is 10.3 Å². The fraction of sp³-hybridized carbons (Fsp3) is 0.286. The number of rotatable bonds is 2. The fourth-order valence-electron chi connectivity index (χ4n) is 0.996. The number of nitrogens with one attached hydrogen (secondary N) is 1. The summed E-state index contributed by atoms with van der Waals surface area (Å²) < 4.78 is 4.76. The number of nitro groups is 1. The molecular weight excluding hydrogens is 176 g/mol. The van der Waals surface area contributed by atoms with Crippen molar-refractivity contribution in [3.05, 3.63) is 32.2 Å². The molecule has 13 heavy (non-hydrogen) atoms. The molecule has 1 heterocycles. The highest BCUT2D eigenvalue weighted by molar-refractivity contribution is 5.48. The predicted octanol–water partition coefficient (Wildman–Crippen LogP) is 0.600. The summed E-state index contributed by atoms with van der Waals surface area (Å²) in [6.07, 6.45) is 1.02. The minimum Gasteiger partial charge on any atom is -0.490 e. The first kappa shape index (κ1) is 9.24. The van der Waals surface area contributed by atoms with Gasteiger partial charge in [-0.1, -0.05) is 0 Å². The Morgan fingerprint density at radius 1 is 1.62 bits per heavy atom. The van der Waals surface area contributed by atoms with Crippen molar-refractivity contribution in [2.24, 2.45) is 0 Å². The second-order valence-corrected chi connectivity index (χ2v) is 2.42. The first-order valence-electron chi connectivity index (χ1n) is 3.48. The molecule has 0 bridgehead atoms. The zero-order valence-corrected chi connectivity index (χ0v) is 7.16. The van der Waals surface area contributed by atoms with Crippen molar-refractivity contribution in [1.82, 2.24) is 4.98 Å². The Labute approximate surface area is 73.3 Å². The van der Waals surface area contributed by atoms with E-state index < -0.39 is 4.92 Å². The number of H-pyrrole nitrogens is 1. The van der Waals surface area contributed by atoms with E-state index in [1.807, 2.05) is 0 Å². The Morgan fingerprint density at radius 2 is 2.23 bits per heavy atom. The third-order valence-corrected chi connectivity index (χ3v) is 1.65. The van der Waals surface area contributed by atoms with E-state index in [4.69, 9.17) is 4.74 Å². The molecule has 0 saturated carbocycles. The molecule has 0 spiro atoms. The van der Waals surface area contributed by atoms with Crippen LogP contribution in [0.15, 0.2) is 11.0 Å². The van der Waals surface area contributed by atoms with Gasteiger partial charge in [0, 0.05) is 0 Å². The molecule has 0 radical (unpaired) electrons. The molecular formula is C7H8N2O4. The topological polar surface area (TPSA) is 85.2 Å². The van der Waals surface area contributed by atoms with Gasteiger partial charge in [0.15, 0.2) is 0 Å². The average Bonchev–Trinajstić information content (AvgIpc) is 2.09. The minimum atomic E-state index is -0.609. The van der Waals surface area contributed by atoms with Crippen LogP contribution in [0.1, 0.15) is 5.56 Å². The molecule has 6 nitrogen and oxygen atoms in total. The molecule has 1 aromatic heterocycles. The molecule has 6 heteroatoms. The molecule has 0 aliphatic carbocycles. The Balaban J connectivity index is 3.47. The Morgan fingerprint density at radius 3 is 2.69 bits per heavy atom. The van der Waals surface area contributed by atoms with E-state index >= 15 is 0 Å². The zero-order valence-electron chi connectivity index (χ0n) is 7.16. The van der Waals surface area contributed by atoms with Crippen LogP contribution in [-0.4, -0.2) is 17.0 Å². The zero-order chi connectivity index (χ0) is 10.0. The van der Waals surface area contributed by atoms with E-state index in [-0.39, 0.29) is 22.6 Å². The van der Waals surface area contributed by atoms with Gasteiger partial charge in [-0.2, -0.15) is 0 Å². The molecule has 0 fully saturated rings. The highest BCUT2D eigenvalue weighted by Crippen LogP contribution is 2.26. The number of pyridine rings is 1. The van der Waals surface area contributed by atoms with E-state index in [0.717, 1.165) is 6.20 Å². The third kappa shape index (κ3) is 1.51. The molecule has 0 aliphatic rings. The molecule has 1 aromatic rings. The van der Waals surface area contributed by atoms with Crippen LogP contribution in [0.5, 0.6) is 5.75 Å². The van der Waals surface area contributed by atoms with Crippen LogP contribution in [0.4, 0.5) is 5.69 Å². The van der Waals surface area contributed by atoms with E-state index in [1.54, 1.807) is 0 Å². The van der Waals surface area contributed by atoms with Gasteiger partial charge in [-0.05, 0) is 6.92 Å². The van der Waals surface area contributed by atoms with Gasteiger partial charge in [-0.3, -0.25) is 14.9 Å². The van der Waals surface area contributed by atoms with Crippen molar-refractivity contribution in [2.45, 2.75) is 6.92 Å². The maximum Gasteiger partial charge on any atom is 0.327 e. The first-order valence-corrected chi connectivity index (χ1v) is 3.48. The van der Waals surface area contributed by atoms with Crippen molar-refractivity contribution < 1.29 is 9.66 Å². The van der Waals surface area contributed by atoms with Gasteiger partial charge in [0.2, 0.25) is 5.75 Å². The third-order valence-electron chi connectivity index (χ3n) is 1.65. The Hall–Kier alpha value is -1.85. The SMILES string of the molecule is COc1c([N+](=O)[O-])c[nH]c(=O)c1C. The molecule has 1 N–H and O–H groups in total. The van der Waals surface area contributed by atoms with E-state index in [0.29, 0.717) is 0 Å². The second-order valence-electron chi connectivity index (χ2n) is 2.42. The number of hydrogen-bond donors (Lipinski definition) is 1. The van der Waals surface area contributed by atoms with Crippen molar-refractivity contribution in [1.29, 1.82) is 0 Å². The molecule has 1 rings (SSSR count). The van der Waals surface area contributed by atoms with Crippen molar-refractivity contribution in [3.8, 4) is 5.75 Å². The maximum atomic E-state index is 11.0. The lowest BCUT2D eigenvalue weighted by Crippen LogP contribution is -2.11. The molecule has 0 aromatic carbocycles. The smallest absolute Gasteiger partial charge is 0.327 e. The lowest BCUT2D eigenvalue weighted by atomic mass is 10.2. The second kappa shape index (κ2) is 3.26. The molecule has 0 unspecified atom stereocenters. The van der Waals surface area contributed by atoms with Crippen molar-refractivity contribution in [2.75, 3.05) is 7.11 Å². The summed E-state index contributed by atoms with van der Waals surface area (Å²) in [5.74, 6) is 0.00810. The van der Waals surface area contributed by atoms with Gasteiger partial charge >= 0.3 is 5.69 Å². The van der Waals surface area contributed by atoms with E-state index in [9.17, 15) is 14.9 Å². The quantitative estimate of drug-likeness (QED) is 0.538. The average molecular weight is 184 g/mol. The van der Waals surface area contributed by atoms with Crippen LogP contribution in [0.3, 0.4) is 0 Å². The number of methoxy groups -OCH3 is 1. The van der Waals surface area contributed by atoms with Crippen LogP contribution in [0, 0.1) is 17.0 Å². The van der Waals surface area contributed by atoms with Gasteiger partial charge in [0.25, 0.3) is 5.56 Å². The van der Waals surface area contributed by atoms with Gasteiger partial charge in [-0.15, -0.1) is 0 Å². The molecule has 70 valence electrons. The first-order chi connectivity index (χ1) is 6.07. The van der Waals surface area contributed by atoms with Gasteiger partial charge in [0.1, 0.15) is 0 Å². The lowest BCUT2D eigenvalue weighted by molar-refractivity contribution is -0.386. The predicted molar refractivity (Wildman–Crippen MR) is 45.0 cm³/mol. The number of aromatic nitrogens is 1.